The van der Waals surface area contributed by atoms with Crippen LogP contribution in [-0.4, -0.2) is 6.04 Å². The van der Waals surface area contributed by atoms with Gasteiger partial charge in [-0.05, 0) is 59.6 Å². The fourth-order valence-electron chi connectivity index (χ4n) is 1.85. The van der Waals surface area contributed by atoms with Crippen molar-refractivity contribution in [2.24, 2.45) is 0 Å². The molecule has 0 aliphatic rings. The van der Waals surface area contributed by atoms with Gasteiger partial charge in [0.1, 0.15) is 5.76 Å². The third kappa shape index (κ3) is 3.87. The van der Waals surface area contributed by atoms with Crippen molar-refractivity contribution in [2.45, 2.75) is 25.8 Å². The molecule has 1 N–H and O–H groups in total. The highest BCUT2D eigenvalue weighted by Gasteiger charge is 2.07. The largest absolute Gasteiger partial charge is 0.469 e. The number of hydrogen-bond acceptors (Lipinski definition) is 3. The maximum absolute atomic E-state index is 8.82. The van der Waals surface area contributed by atoms with Crippen molar-refractivity contribution >= 4 is 21.6 Å². The maximum atomic E-state index is 8.82. The molecule has 1 aromatic carbocycles. The zero-order valence-electron chi connectivity index (χ0n) is 10.7. The molecule has 1 aromatic heterocycles. The monoisotopic (exact) mass is 318 g/mol. The molecule has 0 bridgehead atoms. The van der Waals surface area contributed by atoms with Crippen molar-refractivity contribution in [3.8, 4) is 6.07 Å². The molecular formula is C15H15BrN2O. The minimum atomic E-state index is 0.328. The number of halogens is 1. The van der Waals surface area contributed by atoms with Gasteiger partial charge in [0, 0.05) is 22.6 Å². The summed E-state index contributed by atoms with van der Waals surface area (Å²) < 4.78 is 6.23. The first-order valence-corrected chi connectivity index (χ1v) is 6.97. The average Bonchev–Trinajstić information content (AvgIpc) is 2.92. The van der Waals surface area contributed by atoms with E-state index in [0.717, 1.165) is 28.8 Å². The number of nitrogens with zero attached hydrogens (tertiary/aromatic N) is 1. The molecule has 4 heteroatoms. The lowest BCUT2D eigenvalue weighted by molar-refractivity contribution is 0.495. The van der Waals surface area contributed by atoms with Crippen LogP contribution in [0.4, 0.5) is 5.69 Å². The number of hydrogen-bond donors (Lipinski definition) is 1. The summed E-state index contributed by atoms with van der Waals surface area (Å²) >= 11 is 3.47. The summed E-state index contributed by atoms with van der Waals surface area (Å²) in [6.07, 6.45) is 3.60. The molecule has 2 rings (SSSR count). The number of benzene rings is 1. The standard InChI is InChI=1S/C15H15BrN2O/c1-11(4-6-13-3-2-8-19-13)18-15-7-5-12(10-17)9-14(15)16/h2-3,5,7-9,11,18H,4,6H2,1H3. The molecule has 0 aliphatic carbocycles. The van der Waals surface area contributed by atoms with Crippen LogP contribution in [0.2, 0.25) is 0 Å². The highest BCUT2D eigenvalue weighted by Crippen LogP contribution is 2.24. The molecule has 0 aliphatic heterocycles. The summed E-state index contributed by atoms with van der Waals surface area (Å²) in [5.74, 6) is 1.01. The number of rotatable bonds is 5. The molecule has 1 unspecified atom stereocenters. The van der Waals surface area contributed by atoms with Crippen LogP contribution >= 0.6 is 15.9 Å². The minimum Gasteiger partial charge on any atom is -0.469 e. The van der Waals surface area contributed by atoms with Gasteiger partial charge in [0.2, 0.25) is 0 Å². The first-order valence-electron chi connectivity index (χ1n) is 6.17. The van der Waals surface area contributed by atoms with Crippen molar-refractivity contribution < 1.29 is 4.42 Å². The SMILES string of the molecule is CC(CCc1ccco1)Nc1ccc(C#N)cc1Br. The van der Waals surface area contributed by atoms with E-state index in [2.05, 4.69) is 34.2 Å². The van der Waals surface area contributed by atoms with Crippen molar-refractivity contribution in [3.63, 3.8) is 0 Å². The van der Waals surface area contributed by atoms with Crippen LogP contribution < -0.4 is 5.32 Å². The van der Waals surface area contributed by atoms with Crippen LogP contribution in [0.1, 0.15) is 24.7 Å². The first-order chi connectivity index (χ1) is 9.19. The van der Waals surface area contributed by atoms with Crippen LogP contribution in [0, 0.1) is 11.3 Å². The van der Waals surface area contributed by atoms with E-state index in [9.17, 15) is 0 Å². The van der Waals surface area contributed by atoms with Gasteiger partial charge in [-0.25, -0.2) is 0 Å². The van der Waals surface area contributed by atoms with Crippen LogP contribution in [0.3, 0.4) is 0 Å². The lowest BCUT2D eigenvalue weighted by atomic mass is 10.1. The van der Waals surface area contributed by atoms with Gasteiger partial charge in [0.15, 0.2) is 0 Å². The summed E-state index contributed by atoms with van der Waals surface area (Å²) in [5, 5.41) is 12.2. The molecule has 0 fully saturated rings. The average molecular weight is 319 g/mol. The number of nitriles is 1. The molecule has 19 heavy (non-hydrogen) atoms. The van der Waals surface area contributed by atoms with E-state index >= 15 is 0 Å². The number of furan rings is 1. The third-order valence-corrected chi connectivity index (χ3v) is 3.56. The van der Waals surface area contributed by atoms with Gasteiger partial charge in [-0.15, -0.1) is 0 Å². The van der Waals surface area contributed by atoms with E-state index in [-0.39, 0.29) is 0 Å². The van der Waals surface area contributed by atoms with E-state index in [1.165, 1.54) is 0 Å². The molecule has 0 amide bonds. The molecule has 98 valence electrons. The zero-order valence-corrected chi connectivity index (χ0v) is 12.3. The van der Waals surface area contributed by atoms with Crippen LogP contribution in [0.15, 0.2) is 45.5 Å². The van der Waals surface area contributed by atoms with Crippen LogP contribution in [-0.2, 0) is 6.42 Å². The lowest BCUT2D eigenvalue weighted by Gasteiger charge is -2.16. The Kier molecular flexibility index (Phi) is 4.64. The van der Waals surface area contributed by atoms with Gasteiger partial charge in [-0.1, -0.05) is 0 Å². The van der Waals surface area contributed by atoms with Crippen molar-refractivity contribution in [3.05, 3.63) is 52.4 Å². The van der Waals surface area contributed by atoms with E-state index in [1.807, 2.05) is 30.3 Å². The fourth-order valence-corrected chi connectivity index (χ4v) is 2.35. The molecule has 0 spiro atoms. The highest BCUT2D eigenvalue weighted by molar-refractivity contribution is 9.10. The summed E-state index contributed by atoms with van der Waals surface area (Å²) in [6, 6.07) is 11.9. The second-order valence-electron chi connectivity index (χ2n) is 4.47. The summed E-state index contributed by atoms with van der Waals surface area (Å²) in [5.41, 5.74) is 1.66. The van der Waals surface area contributed by atoms with Crippen molar-refractivity contribution in [1.29, 1.82) is 5.26 Å². The number of nitrogens with one attached hydrogen (secondary N) is 1. The van der Waals surface area contributed by atoms with E-state index in [4.69, 9.17) is 9.68 Å². The van der Waals surface area contributed by atoms with Crippen molar-refractivity contribution in [1.82, 2.24) is 0 Å². The summed E-state index contributed by atoms with van der Waals surface area (Å²) in [6.45, 7) is 2.13. The minimum absolute atomic E-state index is 0.328. The van der Waals surface area contributed by atoms with Gasteiger partial charge < -0.3 is 9.73 Å². The zero-order chi connectivity index (χ0) is 13.7. The van der Waals surface area contributed by atoms with Crippen LogP contribution in [0.5, 0.6) is 0 Å². The topological polar surface area (TPSA) is 49.0 Å². The van der Waals surface area contributed by atoms with Gasteiger partial charge in [-0.2, -0.15) is 5.26 Å². The Bertz CT molecular complexity index is 572. The second kappa shape index (κ2) is 6.44. The highest BCUT2D eigenvalue weighted by atomic mass is 79.9. The Morgan fingerprint density at radius 3 is 2.89 bits per heavy atom. The second-order valence-corrected chi connectivity index (χ2v) is 5.32. The number of anilines is 1. The quantitative estimate of drug-likeness (QED) is 0.891. The molecule has 0 radical (unpaired) electrons. The Morgan fingerprint density at radius 1 is 1.42 bits per heavy atom. The first kappa shape index (κ1) is 13.7. The van der Waals surface area contributed by atoms with E-state index in [1.54, 1.807) is 6.26 Å². The molecule has 1 atom stereocenters. The van der Waals surface area contributed by atoms with Gasteiger partial charge in [0.05, 0.1) is 17.9 Å². The Morgan fingerprint density at radius 2 is 2.26 bits per heavy atom. The number of aryl methyl sites for hydroxylation is 1. The molecule has 1 heterocycles. The van der Waals surface area contributed by atoms with E-state index < -0.39 is 0 Å². The summed E-state index contributed by atoms with van der Waals surface area (Å²) in [7, 11) is 0. The van der Waals surface area contributed by atoms with Crippen molar-refractivity contribution in [2.75, 3.05) is 5.32 Å². The maximum Gasteiger partial charge on any atom is 0.103 e. The predicted molar refractivity (Wildman–Crippen MR) is 79.0 cm³/mol. The van der Waals surface area contributed by atoms with Gasteiger partial charge >= 0.3 is 0 Å². The lowest BCUT2D eigenvalue weighted by Crippen LogP contribution is -2.16. The Labute approximate surface area is 121 Å². The molecule has 0 saturated heterocycles. The summed E-state index contributed by atoms with van der Waals surface area (Å²) in [4.78, 5) is 0. The Hall–Kier alpha value is -1.73. The van der Waals surface area contributed by atoms with E-state index in [0.29, 0.717) is 11.6 Å². The van der Waals surface area contributed by atoms with Gasteiger partial charge in [-0.3, -0.25) is 0 Å². The molecule has 2 aromatic rings. The smallest absolute Gasteiger partial charge is 0.103 e. The Balaban J connectivity index is 1.91. The molecular weight excluding hydrogens is 304 g/mol. The van der Waals surface area contributed by atoms with Crippen LogP contribution in [0.25, 0.3) is 0 Å². The normalized spacial score (nSPS) is 11.8. The predicted octanol–water partition coefficient (Wildman–Crippen LogP) is 4.35. The molecule has 3 nitrogen and oxygen atoms in total. The fraction of sp³-hybridized carbons (Fsp3) is 0.267. The molecule has 0 saturated carbocycles. The van der Waals surface area contributed by atoms with Gasteiger partial charge in [0.25, 0.3) is 0 Å². The third-order valence-electron chi connectivity index (χ3n) is 2.90.